The zero-order valence-corrected chi connectivity index (χ0v) is 15.3. The molecule has 1 aliphatic rings. The minimum absolute atomic E-state index is 0.335. The van der Waals surface area contributed by atoms with Crippen molar-refractivity contribution in [3.63, 3.8) is 0 Å². The minimum atomic E-state index is -0.727. The van der Waals surface area contributed by atoms with Crippen LogP contribution in [-0.2, 0) is 18.3 Å². The second-order valence-electron chi connectivity index (χ2n) is 6.42. The number of carbonyl (C=O) groups is 1. The van der Waals surface area contributed by atoms with Gasteiger partial charge < -0.3 is 14.6 Å². The van der Waals surface area contributed by atoms with E-state index in [2.05, 4.69) is 10.3 Å². The number of benzene rings is 2. The Balaban J connectivity index is 1.60. The molecule has 0 saturated heterocycles. The minimum Gasteiger partial charge on any atom is -0.480 e. The summed E-state index contributed by atoms with van der Waals surface area (Å²) in [4.78, 5) is 17.2. The van der Waals surface area contributed by atoms with Gasteiger partial charge in [0.2, 0.25) is 0 Å². The predicted molar refractivity (Wildman–Crippen MR) is 99.2 cm³/mol. The van der Waals surface area contributed by atoms with Crippen LogP contribution in [-0.4, -0.2) is 21.6 Å². The number of fused-ring (bicyclic) bond motifs is 1. The fraction of sp³-hybridized carbons (Fsp3) is 0.200. The molecule has 1 aromatic heterocycles. The van der Waals surface area contributed by atoms with Crippen LogP contribution in [0.4, 0.5) is 4.39 Å². The van der Waals surface area contributed by atoms with Gasteiger partial charge in [-0.3, -0.25) is 4.79 Å². The molecule has 1 aliphatic heterocycles. The number of ether oxygens (including phenoxy) is 1. The third-order valence-electron chi connectivity index (χ3n) is 4.61. The van der Waals surface area contributed by atoms with Crippen molar-refractivity contribution in [2.45, 2.75) is 18.6 Å². The van der Waals surface area contributed by atoms with E-state index in [1.54, 1.807) is 60.4 Å². The molecule has 4 rings (SSSR count). The van der Waals surface area contributed by atoms with Gasteiger partial charge in [0, 0.05) is 36.4 Å². The number of imidazole rings is 1. The number of nitrogens with one attached hydrogen (secondary N) is 1. The Kier molecular flexibility index (Phi) is 4.58. The third-order valence-corrected chi connectivity index (χ3v) is 4.84. The molecule has 2 atom stereocenters. The van der Waals surface area contributed by atoms with Crippen molar-refractivity contribution in [1.29, 1.82) is 0 Å². The normalized spacial score (nSPS) is 16.5. The number of amides is 1. The van der Waals surface area contributed by atoms with Crippen molar-refractivity contribution in [3.8, 4) is 5.75 Å². The molecule has 0 saturated carbocycles. The van der Waals surface area contributed by atoms with Gasteiger partial charge in [-0.25, -0.2) is 9.37 Å². The fourth-order valence-electron chi connectivity index (χ4n) is 3.24. The lowest BCUT2D eigenvalue weighted by molar-refractivity contribution is -0.127. The summed E-state index contributed by atoms with van der Waals surface area (Å²) < 4.78 is 21.9. The Labute approximate surface area is 160 Å². The summed E-state index contributed by atoms with van der Waals surface area (Å²) in [6.45, 7) is 0. The largest absolute Gasteiger partial charge is 0.480 e. The molecule has 27 heavy (non-hydrogen) atoms. The van der Waals surface area contributed by atoms with Crippen molar-refractivity contribution >= 4 is 17.5 Å². The van der Waals surface area contributed by atoms with Gasteiger partial charge >= 0.3 is 0 Å². The first-order valence-electron chi connectivity index (χ1n) is 8.50. The first-order chi connectivity index (χ1) is 13.0. The van der Waals surface area contributed by atoms with E-state index < -0.39 is 18.0 Å². The highest BCUT2D eigenvalue weighted by Gasteiger charge is 2.32. The number of hydrogen-bond donors (Lipinski definition) is 1. The third kappa shape index (κ3) is 3.40. The van der Waals surface area contributed by atoms with Gasteiger partial charge in [0.15, 0.2) is 6.10 Å². The standard InChI is InChI=1S/C20H17ClFN3O2/c1-25-9-8-23-19(25)18(14-4-2-3-5-15(14)22)24-20(26)17-11-12-10-13(21)6-7-16(12)27-17/h2-10,17-18H,11H2,1H3,(H,24,26). The van der Waals surface area contributed by atoms with Gasteiger partial charge in [-0.05, 0) is 29.8 Å². The van der Waals surface area contributed by atoms with Gasteiger partial charge in [-0.15, -0.1) is 0 Å². The second-order valence-corrected chi connectivity index (χ2v) is 6.86. The monoisotopic (exact) mass is 385 g/mol. The molecule has 0 fully saturated rings. The van der Waals surface area contributed by atoms with Crippen molar-refractivity contribution < 1.29 is 13.9 Å². The SMILES string of the molecule is Cn1ccnc1C(NC(=O)C1Cc2cc(Cl)ccc2O1)c1ccccc1F. The molecule has 5 nitrogen and oxygen atoms in total. The van der Waals surface area contributed by atoms with E-state index in [0.29, 0.717) is 28.6 Å². The summed E-state index contributed by atoms with van der Waals surface area (Å²) in [5, 5.41) is 3.48. The summed E-state index contributed by atoms with van der Waals surface area (Å²) in [7, 11) is 1.80. The Bertz CT molecular complexity index is 1000. The molecule has 0 aliphatic carbocycles. The number of halogens is 2. The number of nitrogens with zero attached hydrogens (tertiary/aromatic N) is 2. The van der Waals surface area contributed by atoms with Gasteiger partial charge in [0.1, 0.15) is 23.4 Å². The zero-order chi connectivity index (χ0) is 19.0. The second kappa shape index (κ2) is 7.04. The maximum absolute atomic E-state index is 14.4. The lowest BCUT2D eigenvalue weighted by Crippen LogP contribution is -2.41. The highest BCUT2D eigenvalue weighted by atomic mass is 35.5. The Hall–Kier alpha value is -2.86. The maximum Gasteiger partial charge on any atom is 0.262 e. The van der Waals surface area contributed by atoms with E-state index >= 15 is 0 Å². The Morgan fingerprint density at radius 2 is 2.19 bits per heavy atom. The molecule has 1 amide bonds. The molecule has 0 bridgehead atoms. The lowest BCUT2D eigenvalue weighted by atomic mass is 10.0. The summed E-state index contributed by atoms with van der Waals surface area (Å²) in [5.74, 6) is 0.428. The van der Waals surface area contributed by atoms with Crippen molar-refractivity contribution in [2.24, 2.45) is 7.05 Å². The van der Waals surface area contributed by atoms with E-state index in [4.69, 9.17) is 16.3 Å². The topological polar surface area (TPSA) is 56.2 Å². The molecule has 0 spiro atoms. The van der Waals surface area contributed by atoms with Crippen LogP contribution in [0.25, 0.3) is 0 Å². The van der Waals surface area contributed by atoms with Crippen LogP contribution >= 0.6 is 11.6 Å². The molecular weight excluding hydrogens is 369 g/mol. The summed E-state index contributed by atoms with van der Waals surface area (Å²) in [6.07, 6.45) is 3.07. The number of aromatic nitrogens is 2. The molecule has 7 heteroatoms. The molecule has 2 heterocycles. The number of carbonyl (C=O) groups excluding carboxylic acids is 1. The quantitative estimate of drug-likeness (QED) is 0.748. The van der Waals surface area contributed by atoms with Crippen LogP contribution in [0.5, 0.6) is 5.75 Å². The fourth-order valence-corrected chi connectivity index (χ4v) is 3.44. The van der Waals surface area contributed by atoms with Crippen LogP contribution in [0.3, 0.4) is 0 Å². The Morgan fingerprint density at radius 3 is 2.93 bits per heavy atom. The first kappa shape index (κ1) is 17.5. The van der Waals surface area contributed by atoms with Crippen LogP contribution in [0.15, 0.2) is 54.9 Å². The van der Waals surface area contributed by atoms with E-state index in [0.717, 1.165) is 5.56 Å². The summed E-state index contributed by atoms with van der Waals surface area (Å²) in [5.41, 5.74) is 1.22. The Morgan fingerprint density at radius 1 is 1.37 bits per heavy atom. The smallest absolute Gasteiger partial charge is 0.262 e. The van der Waals surface area contributed by atoms with Gasteiger partial charge in [0.25, 0.3) is 5.91 Å². The van der Waals surface area contributed by atoms with Crippen LogP contribution in [0, 0.1) is 5.82 Å². The first-order valence-corrected chi connectivity index (χ1v) is 8.88. The molecule has 2 unspecified atom stereocenters. The average molecular weight is 386 g/mol. The number of rotatable bonds is 4. The maximum atomic E-state index is 14.4. The predicted octanol–water partition coefficient (Wildman–Crippen LogP) is 3.42. The van der Waals surface area contributed by atoms with Crippen molar-refractivity contribution in [2.75, 3.05) is 0 Å². The van der Waals surface area contributed by atoms with E-state index in [1.807, 2.05) is 0 Å². The van der Waals surface area contributed by atoms with E-state index in [1.165, 1.54) is 6.07 Å². The summed E-state index contributed by atoms with van der Waals surface area (Å²) >= 11 is 6.01. The van der Waals surface area contributed by atoms with E-state index in [-0.39, 0.29) is 5.91 Å². The van der Waals surface area contributed by atoms with Gasteiger partial charge in [-0.1, -0.05) is 29.8 Å². The number of hydrogen-bond acceptors (Lipinski definition) is 3. The zero-order valence-electron chi connectivity index (χ0n) is 14.5. The van der Waals surface area contributed by atoms with Gasteiger partial charge in [0.05, 0.1) is 0 Å². The van der Waals surface area contributed by atoms with Crippen molar-refractivity contribution in [3.05, 3.63) is 82.6 Å². The average Bonchev–Trinajstić information content (AvgIpc) is 3.26. The van der Waals surface area contributed by atoms with Gasteiger partial charge in [-0.2, -0.15) is 0 Å². The number of aryl methyl sites for hydroxylation is 1. The summed E-state index contributed by atoms with van der Waals surface area (Å²) in [6, 6.07) is 10.9. The van der Waals surface area contributed by atoms with Crippen molar-refractivity contribution in [1.82, 2.24) is 14.9 Å². The highest BCUT2D eigenvalue weighted by Crippen LogP contribution is 2.32. The molecule has 3 aromatic rings. The highest BCUT2D eigenvalue weighted by molar-refractivity contribution is 6.30. The molecule has 0 radical (unpaired) electrons. The lowest BCUT2D eigenvalue weighted by Gasteiger charge is -2.21. The molecule has 1 N–H and O–H groups in total. The van der Waals surface area contributed by atoms with Crippen LogP contribution < -0.4 is 10.1 Å². The van der Waals surface area contributed by atoms with Crippen LogP contribution in [0.2, 0.25) is 5.02 Å². The van der Waals surface area contributed by atoms with Crippen LogP contribution in [0.1, 0.15) is 23.0 Å². The molecular formula is C20H17ClFN3O2. The van der Waals surface area contributed by atoms with E-state index in [9.17, 15) is 9.18 Å². The molecule has 138 valence electrons. The molecule has 2 aromatic carbocycles.